The first-order valence-corrected chi connectivity index (χ1v) is 11.2. The van der Waals surface area contributed by atoms with Crippen LogP contribution in [0.3, 0.4) is 0 Å². The molecule has 2 atom stereocenters. The Balaban J connectivity index is 2.04. The van der Waals surface area contributed by atoms with E-state index < -0.39 is 35.0 Å². The zero-order valence-electron chi connectivity index (χ0n) is 18.1. The van der Waals surface area contributed by atoms with E-state index in [1.807, 2.05) is 22.6 Å². The van der Waals surface area contributed by atoms with Gasteiger partial charge in [0.2, 0.25) is 5.91 Å². The molecule has 1 N–H and O–H groups in total. The number of ether oxygens (including phenoxy) is 1. The molecule has 172 valence electrons. The highest BCUT2D eigenvalue weighted by molar-refractivity contribution is 14.1. The van der Waals surface area contributed by atoms with Gasteiger partial charge in [0.25, 0.3) is 5.56 Å². The second-order valence-electron chi connectivity index (χ2n) is 7.82. The number of rotatable bonds is 4. The number of aliphatic hydroxyl groups excluding tert-OH is 1. The Bertz CT molecular complexity index is 1370. The fourth-order valence-electron chi connectivity index (χ4n) is 3.98. The lowest BCUT2D eigenvalue weighted by molar-refractivity contribution is -0.126. The lowest BCUT2D eigenvalue weighted by Crippen LogP contribution is -2.51. The lowest BCUT2D eigenvalue weighted by atomic mass is 9.92. The van der Waals surface area contributed by atoms with Gasteiger partial charge < -0.3 is 14.7 Å². The number of aliphatic hydroxyl groups is 1. The van der Waals surface area contributed by atoms with Crippen molar-refractivity contribution in [2.45, 2.75) is 19.6 Å². The fourth-order valence-corrected chi connectivity index (χ4v) is 4.43. The predicted molar refractivity (Wildman–Crippen MR) is 129 cm³/mol. The Hall–Kier alpha value is -2.99. The smallest absolute Gasteiger partial charge is 0.337 e. The second-order valence-corrected chi connectivity index (χ2v) is 9.07. The molecule has 0 saturated carbocycles. The van der Waals surface area contributed by atoms with Gasteiger partial charge in [0, 0.05) is 10.6 Å². The summed E-state index contributed by atoms with van der Waals surface area (Å²) >= 11 is 1.94. The van der Waals surface area contributed by atoms with E-state index >= 15 is 0 Å². The standard InChI is InChI=1S/C23H21FIN3O5/c1-12-19(29)18-20(26(2)21(12)30)28(17-9-6-14(25)10-16(17)24)23(32)27(22(18)31)11-13-4-7-15(33-3)8-5-13/h4-10,12,19,29H,11H2,1-3H3. The molecule has 2 aromatic carbocycles. The summed E-state index contributed by atoms with van der Waals surface area (Å²) in [5.74, 6) is -1.61. The number of fused-ring (bicyclic) bond motifs is 1. The molecule has 1 aliphatic rings. The van der Waals surface area contributed by atoms with Crippen LogP contribution in [0.15, 0.2) is 52.1 Å². The molecule has 8 nitrogen and oxygen atoms in total. The van der Waals surface area contributed by atoms with Gasteiger partial charge in [0.1, 0.15) is 17.4 Å². The predicted octanol–water partition coefficient (Wildman–Crippen LogP) is 2.45. The van der Waals surface area contributed by atoms with Crippen LogP contribution in [0.1, 0.15) is 24.2 Å². The average molecular weight is 565 g/mol. The number of nitrogens with zero attached hydrogens (tertiary/aromatic N) is 3. The fraction of sp³-hybridized carbons (Fsp3) is 0.261. The maximum Gasteiger partial charge on any atom is 0.337 e. The summed E-state index contributed by atoms with van der Waals surface area (Å²) in [4.78, 5) is 40.8. The third-order valence-corrected chi connectivity index (χ3v) is 6.48. The highest BCUT2D eigenvalue weighted by Crippen LogP contribution is 2.35. The van der Waals surface area contributed by atoms with Crippen molar-refractivity contribution >= 4 is 34.3 Å². The number of halogens is 2. The van der Waals surface area contributed by atoms with Crippen molar-refractivity contribution in [1.82, 2.24) is 9.13 Å². The average Bonchev–Trinajstić information content (AvgIpc) is 2.80. The van der Waals surface area contributed by atoms with E-state index in [0.29, 0.717) is 14.9 Å². The summed E-state index contributed by atoms with van der Waals surface area (Å²) in [6, 6.07) is 11.1. The van der Waals surface area contributed by atoms with E-state index in [2.05, 4.69) is 0 Å². The van der Waals surface area contributed by atoms with Crippen LogP contribution in [0.5, 0.6) is 5.75 Å². The molecule has 0 spiro atoms. The van der Waals surface area contributed by atoms with Crippen LogP contribution >= 0.6 is 22.6 Å². The molecule has 1 aliphatic heterocycles. The van der Waals surface area contributed by atoms with Gasteiger partial charge in [-0.2, -0.15) is 0 Å². The summed E-state index contributed by atoms with van der Waals surface area (Å²) in [5, 5.41) is 10.8. The molecule has 2 unspecified atom stereocenters. The van der Waals surface area contributed by atoms with Crippen molar-refractivity contribution in [1.29, 1.82) is 0 Å². The largest absolute Gasteiger partial charge is 0.497 e. The van der Waals surface area contributed by atoms with Gasteiger partial charge in [-0.3, -0.25) is 14.2 Å². The Morgan fingerprint density at radius 2 is 1.79 bits per heavy atom. The van der Waals surface area contributed by atoms with Gasteiger partial charge in [-0.05, 0) is 58.5 Å². The third-order valence-electron chi connectivity index (χ3n) is 5.81. The molecular formula is C23H21FIN3O5. The molecule has 0 radical (unpaired) electrons. The Kier molecular flexibility index (Phi) is 6.14. The minimum absolute atomic E-state index is 0.111. The first-order valence-electron chi connectivity index (χ1n) is 10.1. The first-order chi connectivity index (χ1) is 15.6. The molecule has 1 aromatic heterocycles. The van der Waals surface area contributed by atoms with E-state index in [9.17, 15) is 23.9 Å². The molecule has 4 rings (SSSR count). The second kappa shape index (κ2) is 8.75. The van der Waals surface area contributed by atoms with Gasteiger partial charge in [-0.25, -0.2) is 13.8 Å². The molecule has 0 bridgehead atoms. The monoisotopic (exact) mass is 565 g/mol. The summed E-state index contributed by atoms with van der Waals surface area (Å²) < 4.78 is 22.7. The van der Waals surface area contributed by atoms with Crippen molar-refractivity contribution in [3.63, 3.8) is 0 Å². The van der Waals surface area contributed by atoms with Crippen molar-refractivity contribution in [2.75, 3.05) is 19.1 Å². The van der Waals surface area contributed by atoms with Crippen molar-refractivity contribution in [3.05, 3.63) is 83.8 Å². The quantitative estimate of drug-likeness (QED) is 0.491. The molecule has 1 amide bonds. The van der Waals surface area contributed by atoms with Gasteiger partial charge in [0.15, 0.2) is 0 Å². The highest BCUT2D eigenvalue weighted by Gasteiger charge is 2.40. The van der Waals surface area contributed by atoms with E-state index in [1.165, 1.54) is 33.2 Å². The SMILES string of the molecule is COc1ccc(Cn2c(=O)c3c(n(-c4ccc(I)cc4F)c2=O)N(C)C(=O)C(C)C3O)cc1. The lowest BCUT2D eigenvalue weighted by Gasteiger charge is -2.35. The Morgan fingerprint density at radius 3 is 2.39 bits per heavy atom. The molecule has 33 heavy (non-hydrogen) atoms. The Labute approximate surface area is 202 Å². The molecule has 2 heterocycles. The topological polar surface area (TPSA) is 93.8 Å². The minimum atomic E-state index is -1.45. The van der Waals surface area contributed by atoms with Crippen molar-refractivity contribution in [3.8, 4) is 11.4 Å². The molecule has 0 aliphatic carbocycles. The van der Waals surface area contributed by atoms with Gasteiger partial charge in [0.05, 0.1) is 36.9 Å². The number of hydrogen-bond acceptors (Lipinski definition) is 5. The number of amides is 1. The van der Waals surface area contributed by atoms with Crippen molar-refractivity contribution in [2.24, 2.45) is 5.92 Å². The van der Waals surface area contributed by atoms with Crippen LogP contribution in [-0.4, -0.2) is 34.3 Å². The van der Waals surface area contributed by atoms with Crippen LogP contribution in [0.2, 0.25) is 0 Å². The molecular weight excluding hydrogens is 544 g/mol. The molecule has 0 fully saturated rings. The maximum atomic E-state index is 15.0. The third kappa shape index (κ3) is 3.86. The summed E-state index contributed by atoms with van der Waals surface area (Å²) in [5.41, 5.74) is -1.17. The van der Waals surface area contributed by atoms with Crippen LogP contribution in [-0.2, 0) is 11.3 Å². The zero-order valence-corrected chi connectivity index (χ0v) is 20.2. The normalized spacial score (nSPS) is 17.8. The number of aromatic nitrogens is 2. The van der Waals surface area contributed by atoms with Gasteiger partial charge >= 0.3 is 5.69 Å². The molecule has 0 saturated heterocycles. The Morgan fingerprint density at radius 1 is 1.12 bits per heavy atom. The van der Waals surface area contributed by atoms with Crippen LogP contribution in [0.25, 0.3) is 5.69 Å². The van der Waals surface area contributed by atoms with E-state index in [0.717, 1.165) is 14.0 Å². The number of methoxy groups -OCH3 is 1. The van der Waals surface area contributed by atoms with Crippen molar-refractivity contribution < 1.29 is 19.0 Å². The molecule has 3 aromatic rings. The number of carbonyl (C=O) groups is 1. The number of carbonyl (C=O) groups excluding carboxylic acids is 1. The number of benzene rings is 2. The maximum absolute atomic E-state index is 15.0. The van der Waals surface area contributed by atoms with Crippen LogP contribution in [0, 0.1) is 15.3 Å². The first kappa shape index (κ1) is 23.2. The zero-order chi connectivity index (χ0) is 24.0. The minimum Gasteiger partial charge on any atom is -0.497 e. The van der Waals surface area contributed by atoms with E-state index in [4.69, 9.17) is 4.74 Å². The summed E-state index contributed by atoms with van der Waals surface area (Å²) in [7, 11) is 2.93. The summed E-state index contributed by atoms with van der Waals surface area (Å²) in [6.45, 7) is 1.39. The van der Waals surface area contributed by atoms with E-state index in [1.54, 1.807) is 30.3 Å². The highest BCUT2D eigenvalue weighted by atomic mass is 127. The van der Waals surface area contributed by atoms with E-state index in [-0.39, 0.29) is 23.6 Å². The van der Waals surface area contributed by atoms with Crippen LogP contribution in [0.4, 0.5) is 10.2 Å². The number of hydrogen-bond donors (Lipinski definition) is 1. The molecule has 10 heteroatoms. The number of anilines is 1. The van der Waals surface area contributed by atoms with Gasteiger partial charge in [-0.1, -0.05) is 19.1 Å². The van der Waals surface area contributed by atoms with Gasteiger partial charge in [-0.15, -0.1) is 0 Å². The van der Waals surface area contributed by atoms with Crippen LogP contribution < -0.4 is 20.9 Å². The summed E-state index contributed by atoms with van der Waals surface area (Å²) in [6.07, 6.45) is -1.45.